The molecule has 0 atom stereocenters. The second kappa shape index (κ2) is 5.97. The Bertz CT molecular complexity index is 639. The second-order valence-corrected chi connectivity index (χ2v) is 4.22. The predicted molar refractivity (Wildman–Crippen MR) is 75.1 cm³/mol. The lowest BCUT2D eigenvalue weighted by atomic mass is 10.2. The fourth-order valence-electron chi connectivity index (χ4n) is 1.67. The van der Waals surface area contributed by atoms with E-state index in [9.17, 15) is 14.0 Å². The Balaban J connectivity index is 2.06. The highest BCUT2D eigenvalue weighted by molar-refractivity contribution is 6.04. The first-order valence-electron chi connectivity index (χ1n) is 5.99. The van der Waals surface area contributed by atoms with Crippen molar-refractivity contribution < 1.29 is 14.0 Å². The third-order valence-corrected chi connectivity index (χ3v) is 2.55. The molecule has 4 nitrogen and oxygen atoms in total. The van der Waals surface area contributed by atoms with Crippen molar-refractivity contribution in [2.24, 2.45) is 0 Å². The molecule has 2 rings (SSSR count). The summed E-state index contributed by atoms with van der Waals surface area (Å²) in [7, 11) is 0. The van der Waals surface area contributed by atoms with Crippen molar-refractivity contribution >= 4 is 23.2 Å². The van der Waals surface area contributed by atoms with Crippen molar-refractivity contribution in [3.63, 3.8) is 0 Å². The van der Waals surface area contributed by atoms with E-state index in [-0.39, 0.29) is 11.5 Å². The third kappa shape index (κ3) is 3.65. The summed E-state index contributed by atoms with van der Waals surface area (Å²) in [6, 6.07) is 12.1. The quantitative estimate of drug-likeness (QED) is 0.902. The normalized spacial score (nSPS) is 9.90. The van der Waals surface area contributed by atoms with Gasteiger partial charge in [-0.3, -0.25) is 9.59 Å². The van der Waals surface area contributed by atoms with Crippen LogP contribution in [0.5, 0.6) is 0 Å². The van der Waals surface area contributed by atoms with Crippen molar-refractivity contribution in [1.82, 2.24) is 0 Å². The summed E-state index contributed by atoms with van der Waals surface area (Å²) >= 11 is 0. The largest absolute Gasteiger partial charge is 0.326 e. The van der Waals surface area contributed by atoms with E-state index in [4.69, 9.17) is 0 Å². The van der Waals surface area contributed by atoms with E-state index in [0.29, 0.717) is 11.4 Å². The Morgan fingerprint density at radius 2 is 1.55 bits per heavy atom. The van der Waals surface area contributed by atoms with E-state index in [1.165, 1.54) is 31.2 Å². The van der Waals surface area contributed by atoms with Crippen LogP contribution in [0.3, 0.4) is 0 Å². The molecule has 2 aromatic carbocycles. The van der Waals surface area contributed by atoms with E-state index >= 15 is 0 Å². The highest BCUT2D eigenvalue weighted by Gasteiger charge is 2.06. The third-order valence-electron chi connectivity index (χ3n) is 2.55. The van der Waals surface area contributed by atoms with Gasteiger partial charge in [0.15, 0.2) is 0 Å². The Labute approximate surface area is 115 Å². The van der Waals surface area contributed by atoms with Crippen LogP contribution in [-0.2, 0) is 4.79 Å². The number of anilines is 2. The van der Waals surface area contributed by atoms with Crippen molar-refractivity contribution in [3.05, 3.63) is 59.9 Å². The van der Waals surface area contributed by atoms with E-state index < -0.39 is 11.7 Å². The molecule has 0 aliphatic heterocycles. The van der Waals surface area contributed by atoms with Gasteiger partial charge < -0.3 is 10.6 Å². The van der Waals surface area contributed by atoms with Crippen LogP contribution in [0.2, 0.25) is 0 Å². The standard InChI is InChI=1S/C15H13FN2O2/c1-10(19)17-13-5-7-14(8-6-13)18-15(20)11-3-2-4-12(16)9-11/h2-9H,1H3,(H,17,19)(H,18,20). The fraction of sp³-hybridized carbons (Fsp3) is 0.0667. The van der Waals surface area contributed by atoms with Gasteiger partial charge in [-0.25, -0.2) is 4.39 Å². The van der Waals surface area contributed by atoms with Gasteiger partial charge in [0.05, 0.1) is 0 Å². The molecule has 0 saturated carbocycles. The molecule has 0 saturated heterocycles. The van der Waals surface area contributed by atoms with Crippen LogP contribution in [0.4, 0.5) is 15.8 Å². The zero-order chi connectivity index (χ0) is 14.5. The first-order valence-corrected chi connectivity index (χ1v) is 5.99. The molecule has 0 aliphatic carbocycles. The van der Waals surface area contributed by atoms with Gasteiger partial charge in [0.25, 0.3) is 5.91 Å². The molecule has 0 bridgehead atoms. The second-order valence-electron chi connectivity index (χ2n) is 4.22. The average molecular weight is 272 g/mol. The van der Waals surface area contributed by atoms with Crippen LogP contribution < -0.4 is 10.6 Å². The molecule has 0 spiro atoms. The minimum absolute atomic E-state index is 0.165. The molecule has 0 fully saturated rings. The predicted octanol–water partition coefficient (Wildman–Crippen LogP) is 3.04. The van der Waals surface area contributed by atoms with Crippen LogP contribution in [0.25, 0.3) is 0 Å². The number of nitrogens with one attached hydrogen (secondary N) is 2. The lowest BCUT2D eigenvalue weighted by molar-refractivity contribution is -0.114. The van der Waals surface area contributed by atoms with Crippen molar-refractivity contribution in [2.45, 2.75) is 6.92 Å². The summed E-state index contributed by atoms with van der Waals surface area (Å²) in [5.41, 5.74) is 1.45. The van der Waals surface area contributed by atoms with Gasteiger partial charge in [0.2, 0.25) is 5.91 Å². The molecule has 20 heavy (non-hydrogen) atoms. The van der Waals surface area contributed by atoms with Crippen LogP contribution in [-0.4, -0.2) is 11.8 Å². The lowest BCUT2D eigenvalue weighted by Crippen LogP contribution is -2.12. The molecule has 0 radical (unpaired) electrons. The minimum atomic E-state index is -0.460. The van der Waals surface area contributed by atoms with Gasteiger partial charge in [0, 0.05) is 23.9 Å². The highest BCUT2D eigenvalue weighted by Crippen LogP contribution is 2.15. The lowest BCUT2D eigenvalue weighted by Gasteiger charge is -2.07. The van der Waals surface area contributed by atoms with Crippen LogP contribution in [0.1, 0.15) is 17.3 Å². The van der Waals surface area contributed by atoms with Crippen molar-refractivity contribution in [1.29, 1.82) is 0 Å². The van der Waals surface area contributed by atoms with E-state index in [1.807, 2.05) is 0 Å². The molecule has 0 unspecified atom stereocenters. The maximum Gasteiger partial charge on any atom is 0.255 e. The molecule has 0 aromatic heterocycles. The van der Waals surface area contributed by atoms with E-state index in [2.05, 4.69) is 10.6 Å². The fourth-order valence-corrected chi connectivity index (χ4v) is 1.67. The summed E-state index contributed by atoms with van der Waals surface area (Å²) in [4.78, 5) is 22.8. The minimum Gasteiger partial charge on any atom is -0.326 e. The van der Waals surface area contributed by atoms with E-state index in [1.54, 1.807) is 24.3 Å². The summed E-state index contributed by atoms with van der Waals surface area (Å²) in [5.74, 6) is -1.02. The SMILES string of the molecule is CC(=O)Nc1ccc(NC(=O)c2cccc(F)c2)cc1. The van der Waals surface area contributed by atoms with Gasteiger partial charge in [-0.1, -0.05) is 6.07 Å². The highest BCUT2D eigenvalue weighted by atomic mass is 19.1. The average Bonchev–Trinajstić information content (AvgIpc) is 2.40. The molecule has 5 heteroatoms. The molecular formula is C15H13FN2O2. The van der Waals surface area contributed by atoms with Crippen molar-refractivity contribution in [3.8, 4) is 0 Å². The summed E-state index contributed by atoms with van der Waals surface area (Å²) in [5, 5.41) is 5.27. The van der Waals surface area contributed by atoms with Gasteiger partial charge >= 0.3 is 0 Å². The van der Waals surface area contributed by atoms with E-state index in [0.717, 1.165) is 0 Å². The molecule has 2 amide bonds. The van der Waals surface area contributed by atoms with Crippen molar-refractivity contribution in [2.75, 3.05) is 10.6 Å². The number of carbonyl (C=O) groups is 2. The Hall–Kier alpha value is -2.69. The zero-order valence-electron chi connectivity index (χ0n) is 10.8. The first kappa shape index (κ1) is 13.7. The number of carbonyl (C=O) groups excluding carboxylic acids is 2. The topological polar surface area (TPSA) is 58.2 Å². The Morgan fingerprint density at radius 3 is 2.10 bits per heavy atom. The summed E-state index contributed by atoms with van der Waals surface area (Å²) < 4.78 is 13.0. The number of hydrogen-bond donors (Lipinski definition) is 2. The van der Waals surface area contributed by atoms with Crippen LogP contribution in [0.15, 0.2) is 48.5 Å². The number of amides is 2. The number of benzene rings is 2. The zero-order valence-corrected chi connectivity index (χ0v) is 10.8. The van der Waals surface area contributed by atoms with Gasteiger partial charge in [-0.2, -0.15) is 0 Å². The monoisotopic (exact) mass is 272 g/mol. The molecular weight excluding hydrogens is 259 g/mol. The maximum absolute atomic E-state index is 13.0. The van der Waals surface area contributed by atoms with Gasteiger partial charge in [-0.15, -0.1) is 0 Å². The molecule has 0 heterocycles. The van der Waals surface area contributed by atoms with Crippen LogP contribution >= 0.6 is 0 Å². The number of hydrogen-bond acceptors (Lipinski definition) is 2. The number of halogens is 1. The smallest absolute Gasteiger partial charge is 0.255 e. The molecule has 0 aliphatic rings. The number of rotatable bonds is 3. The van der Waals surface area contributed by atoms with Gasteiger partial charge in [0.1, 0.15) is 5.82 Å². The van der Waals surface area contributed by atoms with Gasteiger partial charge in [-0.05, 0) is 42.5 Å². The Kier molecular flexibility index (Phi) is 4.10. The summed E-state index contributed by atoms with van der Waals surface area (Å²) in [6.45, 7) is 1.42. The first-order chi connectivity index (χ1) is 9.54. The molecule has 2 aromatic rings. The molecule has 2 N–H and O–H groups in total. The maximum atomic E-state index is 13.0. The summed E-state index contributed by atoms with van der Waals surface area (Å²) in [6.07, 6.45) is 0. The molecule has 102 valence electrons. The van der Waals surface area contributed by atoms with Crippen LogP contribution in [0, 0.1) is 5.82 Å². The Morgan fingerprint density at radius 1 is 0.950 bits per heavy atom.